The highest BCUT2D eigenvalue weighted by Crippen LogP contribution is 2.38. The summed E-state index contributed by atoms with van der Waals surface area (Å²) in [7, 11) is 6.41. The van der Waals surface area contributed by atoms with Crippen LogP contribution in [0.2, 0.25) is 0 Å². The quantitative estimate of drug-likeness (QED) is 0.181. The van der Waals surface area contributed by atoms with Crippen LogP contribution in [0.1, 0.15) is 37.3 Å². The molecular weight excluding hydrogens is 530 g/mol. The maximum atomic E-state index is 14.4. The van der Waals surface area contributed by atoms with Crippen molar-refractivity contribution in [2.45, 2.75) is 26.2 Å². The molecule has 2 aromatic carbocycles. The number of carbonyl (C=O) groups excluding carboxylic acids is 1. The topological polar surface area (TPSA) is 93.5 Å². The number of quaternary nitrogens is 1. The number of hydrogen-bond donors (Lipinski definition) is 4. The molecule has 0 aliphatic heterocycles. The summed E-state index contributed by atoms with van der Waals surface area (Å²) in [4.78, 5) is 37.5. The van der Waals surface area contributed by atoms with Crippen LogP contribution >= 0.6 is 15.9 Å². The molecule has 0 saturated heterocycles. The summed E-state index contributed by atoms with van der Waals surface area (Å²) in [5, 5.41) is 5.88. The van der Waals surface area contributed by atoms with E-state index in [9.17, 15) is 9.59 Å². The van der Waals surface area contributed by atoms with Crippen LogP contribution in [0.4, 0.5) is 5.69 Å². The number of aromatic amines is 3. The Morgan fingerprint density at radius 3 is 2.51 bits per heavy atom. The second kappa shape index (κ2) is 9.50. The lowest BCUT2D eigenvalue weighted by Gasteiger charge is -2.30. The number of halogens is 1. The van der Waals surface area contributed by atoms with Gasteiger partial charge in [-0.05, 0) is 41.6 Å². The number of hydrogen-bond acceptors (Lipinski definition) is 2. The molecule has 0 radical (unpaired) electrons. The monoisotopic (exact) mass is 562 g/mol. The molecule has 4 N–H and O–H groups in total. The van der Waals surface area contributed by atoms with E-state index in [4.69, 9.17) is 0 Å². The smallest absolute Gasteiger partial charge is 0.227 e. The summed E-state index contributed by atoms with van der Waals surface area (Å²) in [5.74, 6) is -0.572. The number of fused-ring (bicyclic) bond motifs is 1. The van der Waals surface area contributed by atoms with Crippen LogP contribution in [0.15, 0.2) is 58.2 Å². The maximum absolute atomic E-state index is 14.4. The molecule has 7 nitrogen and oxygen atoms in total. The molecule has 0 aliphatic carbocycles. The molecule has 8 heteroatoms. The van der Waals surface area contributed by atoms with Crippen LogP contribution in [0.25, 0.3) is 32.7 Å². The van der Waals surface area contributed by atoms with E-state index >= 15 is 0 Å². The fourth-order valence-electron chi connectivity index (χ4n) is 5.19. The fraction of sp³-hybridized carbons (Fsp3) is 0.310. The summed E-state index contributed by atoms with van der Waals surface area (Å²) in [6.07, 6.45) is 6.39. The highest BCUT2D eigenvalue weighted by molar-refractivity contribution is 9.10. The van der Waals surface area contributed by atoms with Crippen LogP contribution in [-0.2, 0) is 4.79 Å². The van der Waals surface area contributed by atoms with E-state index < -0.39 is 0 Å². The highest BCUT2D eigenvalue weighted by atomic mass is 79.9. The molecule has 1 amide bonds. The molecule has 5 rings (SSSR count). The number of nitrogens with zero attached hydrogens (tertiary/aromatic N) is 1. The number of aromatic nitrogens is 3. The Labute approximate surface area is 224 Å². The second-order valence-electron chi connectivity index (χ2n) is 10.9. The third kappa shape index (κ3) is 4.60. The van der Waals surface area contributed by atoms with E-state index in [1.54, 1.807) is 6.20 Å². The van der Waals surface area contributed by atoms with Crippen molar-refractivity contribution in [3.63, 3.8) is 0 Å². The van der Waals surface area contributed by atoms with Gasteiger partial charge in [-0.1, -0.05) is 35.8 Å². The lowest BCUT2D eigenvalue weighted by molar-refractivity contribution is -0.871. The molecule has 192 valence electrons. The number of amides is 1. The number of anilines is 1. The molecule has 0 aliphatic rings. The minimum Gasteiger partial charge on any atom is -0.361 e. The molecule has 2 unspecified atom stereocenters. The largest absolute Gasteiger partial charge is 0.361 e. The Morgan fingerprint density at radius 2 is 1.78 bits per heavy atom. The van der Waals surface area contributed by atoms with E-state index in [-0.39, 0.29) is 23.2 Å². The van der Waals surface area contributed by atoms with Crippen LogP contribution in [0.5, 0.6) is 0 Å². The molecule has 0 bridgehead atoms. The highest BCUT2D eigenvalue weighted by Gasteiger charge is 2.31. The van der Waals surface area contributed by atoms with Gasteiger partial charge in [0.25, 0.3) is 0 Å². The first kappa shape index (κ1) is 25.3. The first-order valence-corrected chi connectivity index (χ1v) is 13.4. The van der Waals surface area contributed by atoms with Gasteiger partial charge in [-0.2, -0.15) is 0 Å². The van der Waals surface area contributed by atoms with E-state index in [0.29, 0.717) is 34.2 Å². The summed E-state index contributed by atoms with van der Waals surface area (Å²) in [6.45, 7) is 4.55. The lowest BCUT2D eigenvalue weighted by Crippen LogP contribution is -2.40. The molecule has 3 heterocycles. The first-order valence-electron chi connectivity index (χ1n) is 12.6. The predicted octanol–water partition coefficient (Wildman–Crippen LogP) is 6.08. The third-order valence-corrected chi connectivity index (χ3v) is 7.70. The van der Waals surface area contributed by atoms with Crippen LogP contribution in [0.3, 0.4) is 0 Å². The number of nitrogens with one attached hydrogen (secondary N) is 4. The lowest BCUT2D eigenvalue weighted by atomic mass is 9.85. The van der Waals surface area contributed by atoms with Crippen LogP contribution < -0.4 is 10.7 Å². The SMILES string of the molecule is CCC(C)C(=O)Nc1c(=O)c(C(C[N+](C)(C)C)c2c[nH]c3cc(Br)ccc23)c2cc[nH]c3cc[nH]c1c32. The Balaban J connectivity index is 1.86. The Bertz CT molecular complexity index is 1680. The van der Waals surface area contributed by atoms with Crippen molar-refractivity contribution in [3.8, 4) is 0 Å². The molecule has 0 saturated carbocycles. The first-order chi connectivity index (χ1) is 17.6. The van der Waals surface area contributed by atoms with Gasteiger partial charge in [0.15, 0.2) is 0 Å². The average Bonchev–Trinajstić information content (AvgIpc) is 3.27. The zero-order valence-corrected chi connectivity index (χ0v) is 23.4. The summed E-state index contributed by atoms with van der Waals surface area (Å²) < 4.78 is 1.65. The maximum Gasteiger partial charge on any atom is 0.227 e. The van der Waals surface area contributed by atoms with Gasteiger partial charge in [0.05, 0.1) is 39.1 Å². The Kier molecular flexibility index (Phi) is 6.50. The third-order valence-electron chi connectivity index (χ3n) is 7.21. The van der Waals surface area contributed by atoms with E-state index in [1.807, 2.05) is 44.4 Å². The molecular formula is C29H33BrN5O2+. The van der Waals surface area contributed by atoms with Gasteiger partial charge in [-0.15, -0.1) is 0 Å². The number of pyridine rings is 2. The van der Waals surface area contributed by atoms with Crippen LogP contribution in [0, 0.1) is 5.92 Å². The molecule has 0 spiro atoms. The number of likely N-dealkylation sites (N-methyl/N-ethyl adjacent to an activating group) is 1. The molecule has 0 fully saturated rings. The second-order valence-corrected chi connectivity index (χ2v) is 11.8. The number of benzene rings is 2. The number of H-pyrrole nitrogens is 3. The van der Waals surface area contributed by atoms with Gasteiger partial charge >= 0.3 is 0 Å². The Morgan fingerprint density at radius 1 is 1.03 bits per heavy atom. The van der Waals surface area contributed by atoms with Crippen molar-refractivity contribution in [3.05, 3.63) is 74.7 Å². The summed E-state index contributed by atoms with van der Waals surface area (Å²) >= 11 is 3.57. The zero-order valence-electron chi connectivity index (χ0n) is 21.8. The standard InChI is InChI=1S/C29H32BrN5O2/c1-6-16(2)29(37)34-27-26-25-19(9-11-31-22(25)10-12-32-26)24(28(27)36)21(15-35(3,4)5)20-14-33-23-13-17(30)7-8-18(20)23/h7-14,16,21,33H,6,15H2,1-5H3,(H2-,31,32,34,36,37)/p+1. The van der Waals surface area contributed by atoms with Crippen LogP contribution in [-0.4, -0.2) is 53.0 Å². The van der Waals surface area contributed by atoms with Gasteiger partial charge in [0.1, 0.15) is 5.69 Å². The van der Waals surface area contributed by atoms with Crippen molar-refractivity contribution < 1.29 is 9.28 Å². The molecule has 5 aromatic rings. The fourth-order valence-corrected chi connectivity index (χ4v) is 5.55. The normalized spacial score (nSPS) is 13.9. The number of carbonyl (C=O) groups is 1. The van der Waals surface area contributed by atoms with Crippen molar-refractivity contribution in [1.82, 2.24) is 15.0 Å². The van der Waals surface area contributed by atoms with Gasteiger partial charge < -0.3 is 24.8 Å². The van der Waals surface area contributed by atoms with E-state index in [2.05, 4.69) is 69.5 Å². The van der Waals surface area contributed by atoms with E-state index in [1.165, 1.54) is 0 Å². The van der Waals surface area contributed by atoms with Gasteiger partial charge in [-0.3, -0.25) is 9.59 Å². The Hall–Kier alpha value is -3.36. The minimum absolute atomic E-state index is 0.149. The van der Waals surface area contributed by atoms with Crippen molar-refractivity contribution in [2.75, 3.05) is 33.0 Å². The molecule has 2 atom stereocenters. The summed E-state index contributed by atoms with van der Waals surface area (Å²) in [6, 6.07) is 10.1. The number of rotatable bonds is 7. The summed E-state index contributed by atoms with van der Waals surface area (Å²) in [5.41, 5.74) is 4.48. The average molecular weight is 564 g/mol. The van der Waals surface area contributed by atoms with Crippen molar-refractivity contribution >= 4 is 60.2 Å². The van der Waals surface area contributed by atoms with E-state index in [0.717, 1.165) is 37.2 Å². The van der Waals surface area contributed by atoms with Gasteiger partial charge in [0.2, 0.25) is 11.3 Å². The minimum atomic E-state index is -0.211. The predicted molar refractivity (Wildman–Crippen MR) is 155 cm³/mol. The van der Waals surface area contributed by atoms with Gasteiger partial charge in [-0.25, -0.2) is 0 Å². The van der Waals surface area contributed by atoms with Gasteiger partial charge in [0, 0.05) is 56.4 Å². The van der Waals surface area contributed by atoms with Crippen molar-refractivity contribution in [1.29, 1.82) is 0 Å². The molecule has 37 heavy (non-hydrogen) atoms. The zero-order chi connectivity index (χ0) is 26.5. The van der Waals surface area contributed by atoms with Crippen molar-refractivity contribution in [2.24, 2.45) is 5.92 Å². The molecule has 3 aromatic heterocycles.